The Bertz CT molecular complexity index is 2030. The molecule has 0 saturated heterocycles. The fourth-order valence-electron chi connectivity index (χ4n) is 9.93. The number of Topliss-reactive ketones (excluding diaryl/α,β-unsaturated/α-hetero) is 1. The maximum atomic E-state index is 17.7. The third-order valence-corrected chi connectivity index (χ3v) is 14.2. The number of aliphatic hydroxyl groups is 2. The van der Waals surface area contributed by atoms with E-state index < -0.39 is 94.2 Å². The number of halogens is 2. The van der Waals surface area contributed by atoms with Crippen molar-refractivity contribution in [1.82, 2.24) is 5.32 Å². The van der Waals surface area contributed by atoms with Gasteiger partial charge in [0.05, 0.1) is 17.8 Å². The van der Waals surface area contributed by atoms with Crippen molar-refractivity contribution in [2.24, 2.45) is 22.7 Å². The largest absolute Gasteiger partial charge is 0.481 e. The predicted molar refractivity (Wildman–Crippen MR) is 217 cm³/mol. The first-order chi connectivity index (χ1) is 27.9. The summed E-state index contributed by atoms with van der Waals surface area (Å²) in [5.74, 6) is -4.81. The molecule has 318 valence electrons. The topological polar surface area (TPSA) is 189 Å². The van der Waals surface area contributed by atoms with Crippen molar-refractivity contribution in [3.63, 3.8) is 0 Å². The van der Waals surface area contributed by atoms with Crippen molar-refractivity contribution >= 4 is 59.4 Å². The van der Waals surface area contributed by atoms with Gasteiger partial charge in [-0.25, -0.2) is 8.78 Å². The Labute approximate surface area is 351 Å². The van der Waals surface area contributed by atoms with Crippen molar-refractivity contribution in [2.75, 3.05) is 25.1 Å². The zero-order valence-corrected chi connectivity index (χ0v) is 34.7. The van der Waals surface area contributed by atoms with Crippen molar-refractivity contribution in [1.29, 1.82) is 0 Å². The van der Waals surface area contributed by atoms with Crippen LogP contribution in [-0.2, 0) is 33.4 Å². The van der Waals surface area contributed by atoms with E-state index in [4.69, 9.17) is 14.6 Å². The molecule has 3 saturated carbocycles. The number of aliphatic carboxylic acids is 1. The number of nitrogens with one attached hydrogen (secondary N) is 2. The lowest BCUT2D eigenvalue weighted by molar-refractivity contribution is -0.268. The first kappa shape index (κ1) is 44.6. The van der Waals surface area contributed by atoms with Gasteiger partial charge < -0.3 is 35.4 Å². The molecule has 16 heteroatoms. The van der Waals surface area contributed by atoms with E-state index in [-0.39, 0.29) is 56.7 Å². The number of rotatable bonds is 16. The van der Waals surface area contributed by atoms with E-state index in [1.165, 1.54) is 30.8 Å². The number of ketones is 2. The average Bonchev–Trinajstić information content (AvgIpc) is 3.47. The second kappa shape index (κ2) is 17.6. The fourth-order valence-corrected chi connectivity index (χ4v) is 11.1. The van der Waals surface area contributed by atoms with Gasteiger partial charge in [-0.15, -0.1) is 0 Å². The molecule has 10 atom stereocenters. The van der Waals surface area contributed by atoms with Gasteiger partial charge in [0, 0.05) is 57.4 Å². The van der Waals surface area contributed by atoms with Gasteiger partial charge in [0.1, 0.15) is 18.4 Å². The molecular formula is C43H50F2N2O10S2. The molecule has 2 amide bonds. The van der Waals surface area contributed by atoms with E-state index in [9.17, 15) is 34.2 Å². The number of carboxylic acids is 1. The summed E-state index contributed by atoms with van der Waals surface area (Å²) in [5, 5.41) is 35.3. The standard InChI is InChI=1S/C43H50F2N2O10S2/c1-4-56-39(24-8-10-27(11-9-24)59-28-7-5-6-25(18-28)47-36(52)14-17-46-38(55)33(58)21-37(53)54)57-42(35(51)23-48)16-13-29-30-20-32(44)31-19-26(49)12-15-40(31,2)43(30,45)34(50)22-41(29,42)3/h5-12,15,18-19,29-30,32-34,39,48,50,58H,4,13-14,16-17,20-23H2,1-3H3,(H,46,55)(H,47,52)(H,53,54)/t29?,30-,32-,33?,34-,39+,40-,41-,42-,43-/m0/s1. The lowest BCUT2D eigenvalue weighted by Crippen LogP contribution is -2.70. The molecule has 0 bridgehead atoms. The summed E-state index contributed by atoms with van der Waals surface area (Å²) in [4.78, 5) is 63.2. The Hall–Kier alpha value is -3.93. The number of hydrogen-bond donors (Lipinski definition) is 6. The zero-order valence-electron chi connectivity index (χ0n) is 33.0. The highest BCUT2D eigenvalue weighted by Crippen LogP contribution is 2.71. The van der Waals surface area contributed by atoms with E-state index in [0.29, 0.717) is 11.3 Å². The first-order valence-corrected chi connectivity index (χ1v) is 21.0. The molecule has 2 aromatic carbocycles. The van der Waals surface area contributed by atoms with Gasteiger partial charge in [-0.1, -0.05) is 43.0 Å². The summed E-state index contributed by atoms with van der Waals surface area (Å²) < 4.78 is 46.5. The number of benzene rings is 2. The van der Waals surface area contributed by atoms with E-state index in [1.54, 1.807) is 44.2 Å². The van der Waals surface area contributed by atoms with Crippen LogP contribution in [0.3, 0.4) is 0 Å². The Morgan fingerprint density at radius 2 is 1.81 bits per heavy atom. The summed E-state index contributed by atoms with van der Waals surface area (Å²) in [6, 6.07) is 14.4. The number of ether oxygens (including phenoxy) is 2. The first-order valence-electron chi connectivity index (χ1n) is 19.7. The number of allylic oxidation sites excluding steroid dienone is 4. The van der Waals surface area contributed by atoms with Crippen LogP contribution in [0.5, 0.6) is 0 Å². The summed E-state index contributed by atoms with van der Waals surface area (Å²) in [5.41, 5.74) is -5.76. The van der Waals surface area contributed by atoms with Gasteiger partial charge in [-0.05, 0) is 93.5 Å². The molecule has 4 aliphatic rings. The smallest absolute Gasteiger partial charge is 0.304 e. The van der Waals surface area contributed by atoms with Crippen molar-refractivity contribution in [3.05, 3.63) is 77.9 Å². The molecular weight excluding hydrogens is 807 g/mol. The monoisotopic (exact) mass is 856 g/mol. The van der Waals surface area contributed by atoms with Crippen molar-refractivity contribution < 1.29 is 57.5 Å². The molecule has 2 aromatic rings. The lowest BCUT2D eigenvalue weighted by Gasteiger charge is -2.63. The number of hydrogen-bond acceptors (Lipinski definition) is 11. The van der Waals surface area contributed by atoms with Crippen LogP contribution in [0.15, 0.2) is 82.1 Å². The highest BCUT2D eigenvalue weighted by molar-refractivity contribution is 7.99. The van der Waals surface area contributed by atoms with Crippen LogP contribution in [0.4, 0.5) is 14.5 Å². The predicted octanol–water partition coefficient (Wildman–Crippen LogP) is 5.73. The van der Waals surface area contributed by atoms with Gasteiger partial charge in [0.15, 0.2) is 23.5 Å². The second-order valence-electron chi connectivity index (χ2n) is 16.1. The average molecular weight is 857 g/mol. The van der Waals surface area contributed by atoms with Crippen LogP contribution < -0.4 is 10.6 Å². The van der Waals surface area contributed by atoms with Gasteiger partial charge >= 0.3 is 5.97 Å². The molecule has 0 aromatic heterocycles. The Balaban J connectivity index is 1.16. The number of thiol groups is 1. The maximum Gasteiger partial charge on any atom is 0.304 e. The highest BCUT2D eigenvalue weighted by atomic mass is 32.2. The van der Waals surface area contributed by atoms with E-state index >= 15 is 8.78 Å². The molecule has 59 heavy (non-hydrogen) atoms. The molecule has 0 radical (unpaired) electrons. The van der Waals surface area contributed by atoms with E-state index in [1.807, 2.05) is 18.2 Å². The number of anilines is 1. The summed E-state index contributed by atoms with van der Waals surface area (Å²) in [6.07, 6.45) is -1.29. The normalized spacial score (nSPS) is 31.9. The third kappa shape index (κ3) is 8.28. The molecule has 5 N–H and O–H groups in total. The zero-order chi connectivity index (χ0) is 42.9. The minimum absolute atomic E-state index is 0.00395. The van der Waals surface area contributed by atoms with Crippen LogP contribution in [0.25, 0.3) is 0 Å². The quantitative estimate of drug-likeness (QED) is 0.0895. The molecule has 2 unspecified atom stereocenters. The molecule has 3 fully saturated rings. The van der Waals surface area contributed by atoms with Crippen LogP contribution in [0, 0.1) is 22.7 Å². The van der Waals surface area contributed by atoms with E-state index in [0.717, 1.165) is 15.9 Å². The number of carboxylic acid groups (broad SMARTS) is 1. The molecule has 4 aliphatic carbocycles. The minimum atomic E-state index is -2.33. The Morgan fingerprint density at radius 1 is 1.08 bits per heavy atom. The number of fused-ring (bicyclic) bond motifs is 5. The third-order valence-electron chi connectivity index (χ3n) is 12.8. The van der Waals surface area contributed by atoms with Crippen molar-refractivity contribution in [2.45, 2.75) is 104 Å². The van der Waals surface area contributed by atoms with Crippen LogP contribution >= 0.6 is 24.4 Å². The Morgan fingerprint density at radius 3 is 2.49 bits per heavy atom. The Kier molecular flexibility index (Phi) is 13.3. The van der Waals surface area contributed by atoms with Crippen LogP contribution in [0.1, 0.15) is 71.1 Å². The van der Waals surface area contributed by atoms with Gasteiger partial charge in [-0.2, -0.15) is 12.6 Å². The molecule has 0 aliphatic heterocycles. The summed E-state index contributed by atoms with van der Waals surface area (Å²) in [6.45, 7) is 4.36. The molecule has 0 heterocycles. The maximum absolute atomic E-state index is 17.7. The lowest BCUT2D eigenvalue weighted by atomic mass is 9.44. The highest BCUT2D eigenvalue weighted by Gasteiger charge is 2.76. The second-order valence-corrected chi connectivity index (χ2v) is 17.9. The summed E-state index contributed by atoms with van der Waals surface area (Å²) in [7, 11) is 0. The number of alkyl halides is 2. The summed E-state index contributed by atoms with van der Waals surface area (Å²) >= 11 is 5.38. The van der Waals surface area contributed by atoms with Crippen LogP contribution in [0.2, 0.25) is 0 Å². The molecule has 0 spiro atoms. The number of amides is 2. The van der Waals surface area contributed by atoms with Crippen molar-refractivity contribution in [3.8, 4) is 0 Å². The number of carbonyl (C=O) groups excluding carboxylic acids is 4. The van der Waals surface area contributed by atoms with E-state index in [2.05, 4.69) is 23.3 Å². The minimum Gasteiger partial charge on any atom is -0.481 e. The van der Waals surface area contributed by atoms with Gasteiger partial charge in [-0.3, -0.25) is 24.0 Å². The van der Waals surface area contributed by atoms with Gasteiger partial charge in [0.2, 0.25) is 11.8 Å². The fraction of sp³-hybridized carbons (Fsp3) is 0.512. The number of aliphatic hydroxyl groups excluding tert-OH is 2. The SMILES string of the molecule is CCO[C@H](O[C@]1(C(=O)CO)CCC2[C@@H]3C[C@H](F)C4=CC(=O)C=C[C@]4(C)[C@@]3(F)[C@@H](O)C[C@@]21C)c1ccc(Sc2cccc(NC(=O)CCNC(=O)C(S)CC(=O)O)c2)cc1. The van der Waals surface area contributed by atoms with Crippen LogP contribution in [-0.4, -0.2) is 93.2 Å². The molecule has 12 nitrogen and oxygen atoms in total. The van der Waals surface area contributed by atoms with Gasteiger partial charge in [0.25, 0.3) is 0 Å². The number of carbonyl (C=O) groups is 5. The molecule has 6 rings (SSSR count).